The molecule has 3 heterocycles. The summed E-state index contributed by atoms with van der Waals surface area (Å²) in [6.07, 6.45) is 1.84. The lowest BCUT2D eigenvalue weighted by molar-refractivity contribution is 0.00622. The van der Waals surface area contributed by atoms with Crippen molar-refractivity contribution >= 4 is 11.7 Å². The molecule has 0 unspecified atom stereocenters. The molecule has 2 aliphatic heterocycles. The molecule has 7 heteroatoms. The molecule has 0 N–H and O–H groups in total. The Morgan fingerprint density at radius 1 is 1.25 bits per heavy atom. The van der Waals surface area contributed by atoms with Crippen LogP contribution in [-0.4, -0.2) is 47.1 Å². The van der Waals surface area contributed by atoms with Crippen molar-refractivity contribution in [2.45, 2.75) is 38.6 Å². The Morgan fingerprint density at radius 2 is 2.00 bits per heavy atom. The van der Waals surface area contributed by atoms with Crippen LogP contribution in [0.2, 0.25) is 0 Å². The van der Waals surface area contributed by atoms with E-state index in [1.54, 1.807) is 9.47 Å². The number of methoxy groups -OCH3 is 1. The van der Waals surface area contributed by atoms with E-state index < -0.39 is 11.7 Å². The van der Waals surface area contributed by atoms with Gasteiger partial charge in [0.05, 0.1) is 31.9 Å². The number of hydrogen-bond acceptors (Lipinski definition) is 5. The number of rotatable bonds is 5. The number of aromatic nitrogens is 1. The molecule has 1 fully saturated rings. The third kappa shape index (κ3) is 3.01. The van der Waals surface area contributed by atoms with Gasteiger partial charge in [0.2, 0.25) is 5.43 Å². The van der Waals surface area contributed by atoms with Crippen molar-refractivity contribution in [2.75, 3.05) is 13.7 Å². The minimum absolute atomic E-state index is 0.0452. The third-order valence-corrected chi connectivity index (χ3v) is 5.33. The molecule has 1 amide bonds. The fourth-order valence-corrected chi connectivity index (χ4v) is 3.89. The molecule has 0 bridgehead atoms. The maximum atomic E-state index is 13.0. The molecule has 146 valence electrons. The van der Waals surface area contributed by atoms with Crippen molar-refractivity contribution in [3.8, 4) is 5.75 Å². The molecule has 0 aliphatic carbocycles. The summed E-state index contributed by atoms with van der Waals surface area (Å²) in [6, 6.07) is 9.56. The second kappa shape index (κ2) is 7.24. The van der Waals surface area contributed by atoms with E-state index in [-0.39, 0.29) is 41.2 Å². The summed E-state index contributed by atoms with van der Waals surface area (Å²) in [4.78, 5) is 40.2. The van der Waals surface area contributed by atoms with Gasteiger partial charge in [-0.2, -0.15) is 0 Å². The van der Waals surface area contributed by atoms with Gasteiger partial charge in [-0.05, 0) is 18.9 Å². The fraction of sp³-hybridized carbons (Fsp3) is 0.381. The topological polar surface area (TPSA) is 77.8 Å². The highest BCUT2D eigenvalue weighted by Crippen LogP contribution is 2.30. The average Bonchev–Trinajstić information content (AvgIpc) is 3.08. The number of carbonyl (C=O) groups excluding carboxylic acids is 2. The number of aryl methyl sites for hydroxylation is 1. The van der Waals surface area contributed by atoms with Crippen LogP contribution in [0.25, 0.3) is 0 Å². The number of nitrogens with zero attached hydrogens (tertiary/aromatic N) is 2. The van der Waals surface area contributed by atoms with E-state index in [4.69, 9.17) is 9.47 Å². The van der Waals surface area contributed by atoms with Gasteiger partial charge in [-0.15, -0.1) is 0 Å². The first-order chi connectivity index (χ1) is 13.5. The second-order valence-corrected chi connectivity index (χ2v) is 7.16. The molecule has 0 saturated carbocycles. The number of carbonyl (C=O) groups is 2. The summed E-state index contributed by atoms with van der Waals surface area (Å²) in [5.41, 5.74) is 0.718. The lowest BCUT2D eigenvalue weighted by Gasteiger charge is -2.34. The fourth-order valence-electron chi connectivity index (χ4n) is 3.89. The number of ether oxygens (including phenoxy) is 2. The van der Waals surface area contributed by atoms with Crippen LogP contribution >= 0.6 is 0 Å². The van der Waals surface area contributed by atoms with Gasteiger partial charge in [-0.3, -0.25) is 14.4 Å². The van der Waals surface area contributed by atoms with Gasteiger partial charge < -0.3 is 18.9 Å². The standard InChI is InChI=1S/C21H22N2O5/c1-13-12-28-17-11-22-10-15(16(24)9-8-14-6-4-3-5-7-14)19(25)20(27-2)18(22)21(26)23(13)17/h3-7,10,13,17H,8-9,11-12H2,1-2H3/t13-,17+/m0/s1. The van der Waals surface area contributed by atoms with Crippen LogP contribution < -0.4 is 10.2 Å². The summed E-state index contributed by atoms with van der Waals surface area (Å²) in [7, 11) is 1.35. The van der Waals surface area contributed by atoms with Crippen LogP contribution in [0.5, 0.6) is 5.75 Å². The first kappa shape index (κ1) is 18.4. The normalized spacial score (nSPS) is 20.6. The van der Waals surface area contributed by atoms with E-state index in [2.05, 4.69) is 0 Å². The predicted molar refractivity (Wildman–Crippen MR) is 102 cm³/mol. The highest BCUT2D eigenvalue weighted by atomic mass is 16.5. The predicted octanol–water partition coefficient (Wildman–Crippen LogP) is 1.87. The highest BCUT2D eigenvalue weighted by Gasteiger charge is 2.43. The molecule has 28 heavy (non-hydrogen) atoms. The number of amides is 1. The Morgan fingerprint density at radius 3 is 2.71 bits per heavy atom. The van der Waals surface area contributed by atoms with Crippen molar-refractivity contribution in [1.82, 2.24) is 9.47 Å². The van der Waals surface area contributed by atoms with Crippen LogP contribution in [0.4, 0.5) is 0 Å². The first-order valence-electron chi connectivity index (χ1n) is 9.34. The van der Waals surface area contributed by atoms with Gasteiger partial charge >= 0.3 is 0 Å². The van der Waals surface area contributed by atoms with Crippen LogP contribution in [0.15, 0.2) is 41.3 Å². The Balaban J connectivity index is 1.68. The maximum absolute atomic E-state index is 13.0. The zero-order chi connectivity index (χ0) is 19.8. The Labute approximate surface area is 162 Å². The smallest absolute Gasteiger partial charge is 0.276 e. The molecule has 2 atom stereocenters. The van der Waals surface area contributed by atoms with Gasteiger partial charge in [0.1, 0.15) is 0 Å². The molecule has 1 saturated heterocycles. The number of benzene rings is 1. The van der Waals surface area contributed by atoms with E-state index in [1.165, 1.54) is 13.3 Å². The van der Waals surface area contributed by atoms with Gasteiger partial charge in [0, 0.05) is 12.6 Å². The summed E-state index contributed by atoms with van der Waals surface area (Å²) in [5, 5.41) is 0. The summed E-state index contributed by atoms with van der Waals surface area (Å²) in [5.74, 6) is -0.648. The Bertz CT molecular complexity index is 982. The maximum Gasteiger partial charge on any atom is 0.276 e. The number of ketones is 1. The van der Waals surface area contributed by atoms with Gasteiger partial charge in [-0.1, -0.05) is 30.3 Å². The number of Topliss-reactive ketones (excluding diaryl/α,β-unsaturated/α-hetero) is 1. The van der Waals surface area contributed by atoms with Crippen molar-refractivity contribution in [3.05, 3.63) is 63.6 Å². The van der Waals surface area contributed by atoms with E-state index in [9.17, 15) is 14.4 Å². The summed E-state index contributed by atoms with van der Waals surface area (Å²) in [6.45, 7) is 2.71. The largest absolute Gasteiger partial charge is 0.491 e. The SMILES string of the molecule is COc1c2n(cc(C(=O)CCc3ccccc3)c1=O)C[C@H]1OC[C@H](C)N1C2=O. The Hall–Kier alpha value is -2.93. The molecule has 2 aliphatic rings. The van der Waals surface area contributed by atoms with Gasteiger partial charge in [0.25, 0.3) is 5.91 Å². The summed E-state index contributed by atoms with van der Waals surface area (Å²) >= 11 is 0. The van der Waals surface area contributed by atoms with Crippen LogP contribution in [0.1, 0.15) is 39.8 Å². The van der Waals surface area contributed by atoms with Gasteiger partial charge in [-0.25, -0.2) is 0 Å². The Kier molecular flexibility index (Phi) is 4.77. The summed E-state index contributed by atoms with van der Waals surface area (Å²) < 4.78 is 12.6. The molecule has 0 spiro atoms. The molecule has 7 nitrogen and oxygen atoms in total. The molecular weight excluding hydrogens is 360 g/mol. The molecule has 2 aromatic rings. The number of hydrogen-bond donors (Lipinski definition) is 0. The minimum Gasteiger partial charge on any atom is -0.491 e. The van der Waals surface area contributed by atoms with Gasteiger partial charge in [0.15, 0.2) is 23.5 Å². The van der Waals surface area contributed by atoms with E-state index in [0.717, 1.165) is 5.56 Å². The van der Waals surface area contributed by atoms with E-state index in [0.29, 0.717) is 19.6 Å². The quantitative estimate of drug-likeness (QED) is 0.738. The van der Waals surface area contributed by atoms with E-state index in [1.807, 2.05) is 37.3 Å². The monoisotopic (exact) mass is 382 g/mol. The zero-order valence-corrected chi connectivity index (χ0v) is 15.9. The molecule has 1 aromatic carbocycles. The zero-order valence-electron chi connectivity index (χ0n) is 15.9. The molecule has 1 aromatic heterocycles. The van der Waals surface area contributed by atoms with Crippen LogP contribution in [0.3, 0.4) is 0 Å². The molecule has 0 radical (unpaired) electrons. The van der Waals surface area contributed by atoms with Crippen LogP contribution in [0, 0.1) is 0 Å². The number of pyridine rings is 1. The lowest BCUT2D eigenvalue weighted by atomic mass is 10.0. The average molecular weight is 382 g/mol. The second-order valence-electron chi connectivity index (χ2n) is 7.16. The number of fused-ring (bicyclic) bond motifs is 2. The third-order valence-electron chi connectivity index (χ3n) is 5.33. The van der Waals surface area contributed by atoms with Crippen molar-refractivity contribution in [1.29, 1.82) is 0 Å². The van der Waals surface area contributed by atoms with E-state index >= 15 is 0 Å². The van der Waals surface area contributed by atoms with Crippen molar-refractivity contribution < 1.29 is 19.1 Å². The lowest BCUT2D eigenvalue weighted by Crippen LogP contribution is -2.49. The minimum atomic E-state index is -0.536. The molecular formula is C21H22N2O5. The highest BCUT2D eigenvalue weighted by molar-refractivity contribution is 6.00. The van der Waals surface area contributed by atoms with Crippen LogP contribution in [-0.2, 0) is 17.7 Å². The first-order valence-corrected chi connectivity index (χ1v) is 9.34. The van der Waals surface area contributed by atoms with Crippen molar-refractivity contribution in [2.24, 2.45) is 0 Å². The van der Waals surface area contributed by atoms with Crippen molar-refractivity contribution in [3.63, 3.8) is 0 Å². The molecule has 4 rings (SSSR count).